The van der Waals surface area contributed by atoms with Crippen LogP contribution in [0.2, 0.25) is 0 Å². The van der Waals surface area contributed by atoms with E-state index in [9.17, 15) is 9.59 Å². The highest BCUT2D eigenvalue weighted by atomic mass is 16.5. The minimum absolute atomic E-state index is 0.0623. The number of amides is 2. The van der Waals surface area contributed by atoms with Gasteiger partial charge in [-0.15, -0.1) is 5.10 Å². The second-order valence-electron chi connectivity index (χ2n) is 6.67. The Balaban J connectivity index is 1.67. The first-order chi connectivity index (χ1) is 13.3. The molecule has 2 aromatic heterocycles. The standard InChI is InChI=1S/C20H23N5O3/c1-12-10-13(2)21-19-18(12)20(23-25(19)5)28-11-17(27)22-15-6-8-16(9-7-15)24(4)14(3)26/h6-10H,11H2,1-5H3,(H,22,27). The normalized spacial score (nSPS) is 10.8. The molecule has 8 heteroatoms. The molecule has 3 rings (SSSR count). The van der Waals surface area contributed by atoms with Crippen molar-refractivity contribution in [3.8, 4) is 5.88 Å². The molecule has 0 spiro atoms. The van der Waals surface area contributed by atoms with Crippen LogP contribution in [0.15, 0.2) is 30.3 Å². The van der Waals surface area contributed by atoms with Crippen molar-refractivity contribution < 1.29 is 14.3 Å². The summed E-state index contributed by atoms with van der Waals surface area (Å²) in [6.07, 6.45) is 0. The third-order valence-electron chi connectivity index (χ3n) is 4.44. The summed E-state index contributed by atoms with van der Waals surface area (Å²) in [4.78, 5) is 29.6. The quantitative estimate of drug-likeness (QED) is 0.734. The summed E-state index contributed by atoms with van der Waals surface area (Å²) < 4.78 is 7.30. The zero-order chi connectivity index (χ0) is 20.4. The number of carbonyl (C=O) groups is 2. The molecule has 0 aliphatic carbocycles. The number of aryl methyl sites for hydroxylation is 3. The molecule has 1 aromatic carbocycles. The molecule has 2 heterocycles. The van der Waals surface area contributed by atoms with Crippen molar-refractivity contribution in [3.05, 3.63) is 41.6 Å². The summed E-state index contributed by atoms with van der Waals surface area (Å²) in [5, 5.41) is 7.90. The Morgan fingerprint density at radius 2 is 1.89 bits per heavy atom. The van der Waals surface area contributed by atoms with Gasteiger partial charge in [-0.3, -0.25) is 9.59 Å². The van der Waals surface area contributed by atoms with Gasteiger partial charge in [0.2, 0.25) is 11.8 Å². The number of nitrogens with zero attached hydrogens (tertiary/aromatic N) is 4. The van der Waals surface area contributed by atoms with Crippen LogP contribution in [0, 0.1) is 13.8 Å². The molecule has 0 unspecified atom stereocenters. The summed E-state index contributed by atoms with van der Waals surface area (Å²) in [5.41, 5.74) is 3.99. The van der Waals surface area contributed by atoms with Crippen LogP contribution in [0.25, 0.3) is 11.0 Å². The lowest BCUT2D eigenvalue weighted by molar-refractivity contribution is -0.118. The van der Waals surface area contributed by atoms with Gasteiger partial charge in [-0.2, -0.15) is 0 Å². The topological polar surface area (TPSA) is 89.4 Å². The number of aromatic nitrogens is 3. The van der Waals surface area contributed by atoms with Crippen LogP contribution >= 0.6 is 0 Å². The molecule has 1 N–H and O–H groups in total. The number of hydrogen-bond acceptors (Lipinski definition) is 5. The van der Waals surface area contributed by atoms with E-state index >= 15 is 0 Å². The van der Waals surface area contributed by atoms with Crippen molar-refractivity contribution in [1.82, 2.24) is 14.8 Å². The molecule has 146 valence electrons. The van der Waals surface area contributed by atoms with Crippen LogP contribution in [0.1, 0.15) is 18.2 Å². The molecule has 0 saturated carbocycles. The summed E-state index contributed by atoms with van der Waals surface area (Å²) in [5.74, 6) is 0.0213. The fraction of sp³-hybridized carbons (Fsp3) is 0.300. The number of hydrogen-bond donors (Lipinski definition) is 1. The van der Waals surface area contributed by atoms with Crippen LogP contribution < -0.4 is 15.0 Å². The zero-order valence-corrected chi connectivity index (χ0v) is 16.6. The van der Waals surface area contributed by atoms with Crippen molar-refractivity contribution in [2.45, 2.75) is 20.8 Å². The highest BCUT2D eigenvalue weighted by Gasteiger charge is 2.15. The van der Waals surface area contributed by atoms with Crippen molar-refractivity contribution in [2.24, 2.45) is 7.05 Å². The van der Waals surface area contributed by atoms with Gasteiger partial charge in [0.25, 0.3) is 5.91 Å². The van der Waals surface area contributed by atoms with Gasteiger partial charge in [0, 0.05) is 38.1 Å². The SMILES string of the molecule is CC(=O)N(C)c1ccc(NC(=O)COc2nn(C)c3nc(C)cc(C)c23)cc1. The summed E-state index contributed by atoms with van der Waals surface area (Å²) >= 11 is 0. The minimum Gasteiger partial charge on any atom is -0.466 e. The fourth-order valence-electron chi connectivity index (χ4n) is 2.93. The molecule has 8 nitrogen and oxygen atoms in total. The highest BCUT2D eigenvalue weighted by molar-refractivity contribution is 5.94. The van der Waals surface area contributed by atoms with E-state index in [0.29, 0.717) is 11.6 Å². The molecule has 0 atom stereocenters. The van der Waals surface area contributed by atoms with Gasteiger partial charge in [0.1, 0.15) is 0 Å². The number of nitrogens with one attached hydrogen (secondary N) is 1. The van der Waals surface area contributed by atoms with Crippen molar-refractivity contribution in [3.63, 3.8) is 0 Å². The first-order valence-corrected chi connectivity index (χ1v) is 8.84. The van der Waals surface area contributed by atoms with E-state index in [1.165, 1.54) is 11.8 Å². The lowest BCUT2D eigenvalue weighted by Crippen LogP contribution is -2.23. The first-order valence-electron chi connectivity index (χ1n) is 8.84. The predicted molar refractivity (Wildman–Crippen MR) is 108 cm³/mol. The van der Waals surface area contributed by atoms with Crippen LogP contribution in [-0.2, 0) is 16.6 Å². The number of ether oxygens (including phenoxy) is 1. The third kappa shape index (κ3) is 3.95. The van der Waals surface area contributed by atoms with E-state index in [4.69, 9.17) is 4.74 Å². The molecular formula is C20H23N5O3. The number of benzene rings is 1. The van der Waals surface area contributed by atoms with Gasteiger partial charge >= 0.3 is 0 Å². The van der Waals surface area contributed by atoms with E-state index in [2.05, 4.69) is 15.4 Å². The number of pyridine rings is 1. The van der Waals surface area contributed by atoms with E-state index in [1.54, 1.807) is 43.0 Å². The molecule has 0 saturated heterocycles. The molecule has 0 radical (unpaired) electrons. The second kappa shape index (κ2) is 7.67. The number of rotatable bonds is 5. The summed E-state index contributed by atoms with van der Waals surface area (Å²) in [6.45, 7) is 5.21. The van der Waals surface area contributed by atoms with Gasteiger partial charge < -0.3 is 15.0 Å². The number of carbonyl (C=O) groups excluding carboxylic acids is 2. The molecule has 0 aliphatic heterocycles. The van der Waals surface area contributed by atoms with Gasteiger partial charge in [-0.1, -0.05) is 0 Å². The lowest BCUT2D eigenvalue weighted by atomic mass is 10.2. The average Bonchev–Trinajstić information content (AvgIpc) is 2.96. The van der Waals surface area contributed by atoms with Crippen LogP contribution in [0.3, 0.4) is 0 Å². The maximum atomic E-state index is 12.2. The Hall–Kier alpha value is -3.42. The highest BCUT2D eigenvalue weighted by Crippen LogP contribution is 2.27. The van der Waals surface area contributed by atoms with E-state index < -0.39 is 0 Å². The first kappa shape index (κ1) is 19.3. The van der Waals surface area contributed by atoms with Crippen LogP contribution in [-0.4, -0.2) is 40.2 Å². The molecule has 28 heavy (non-hydrogen) atoms. The van der Waals surface area contributed by atoms with Crippen LogP contribution in [0.5, 0.6) is 5.88 Å². The molecule has 0 bridgehead atoms. The molecule has 3 aromatic rings. The smallest absolute Gasteiger partial charge is 0.262 e. The van der Waals surface area contributed by atoms with Crippen molar-refractivity contribution >= 4 is 34.2 Å². The van der Waals surface area contributed by atoms with Crippen molar-refractivity contribution in [1.29, 1.82) is 0 Å². The van der Waals surface area contributed by atoms with E-state index in [1.807, 2.05) is 19.9 Å². The monoisotopic (exact) mass is 381 g/mol. The fourth-order valence-corrected chi connectivity index (χ4v) is 2.93. The molecule has 0 fully saturated rings. The Kier molecular flexibility index (Phi) is 5.30. The molecule has 2 amide bonds. The second-order valence-corrected chi connectivity index (χ2v) is 6.67. The van der Waals surface area contributed by atoms with E-state index in [0.717, 1.165) is 28.0 Å². The maximum absolute atomic E-state index is 12.2. The van der Waals surface area contributed by atoms with Gasteiger partial charge in [0.05, 0.1) is 5.39 Å². The lowest BCUT2D eigenvalue weighted by Gasteiger charge is -2.15. The van der Waals surface area contributed by atoms with Gasteiger partial charge in [0.15, 0.2) is 12.3 Å². The summed E-state index contributed by atoms with van der Waals surface area (Å²) in [7, 11) is 3.49. The number of anilines is 2. The van der Waals surface area contributed by atoms with Gasteiger partial charge in [-0.05, 0) is 49.7 Å². The van der Waals surface area contributed by atoms with Crippen molar-refractivity contribution in [2.75, 3.05) is 23.9 Å². The molecular weight excluding hydrogens is 358 g/mol. The van der Waals surface area contributed by atoms with Crippen LogP contribution in [0.4, 0.5) is 11.4 Å². The summed E-state index contributed by atoms with van der Waals surface area (Å²) in [6, 6.07) is 8.96. The Morgan fingerprint density at radius 1 is 1.21 bits per heavy atom. The average molecular weight is 381 g/mol. The molecule has 0 aliphatic rings. The largest absolute Gasteiger partial charge is 0.466 e. The maximum Gasteiger partial charge on any atom is 0.262 e. The Morgan fingerprint density at radius 3 is 2.54 bits per heavy atom. The number of fused-ring (bicyclic) bond motifs is 1. The third-order valence-corrected chi connectivity index (χ3v) is 4.44. The van der Waals surface area contributed by atoms with Gasteiger partial charge in [-0.25, -0.2) is 9.67 Å². The zero-order valence-electron chi connectivity index (χ0n) is 16.6. The predicted octanol–water partition coefficient (Wildman–Crippen LogP) is 2.59. The van der Waals surface area contributed by atoms with E-state index in [-0.39, 0.29) is 18.4 Å². The Bertz CT molecular complexity index is 1040. The Labute approximate surface area is 163 Å². The minimum atomic E-state index is -0.302.